The highest BCUT2D eigenvalue weighted by Crippen LogP contribution is 2.19. The van der Waals surface area contributed by atoms with Gasteiger partial charge in [0.25, 0.3) is 0 Å². The number of aliphatic hydroxyl groups excluding tert-OH is 1. The van der Waals surface area contributed by atoms with Crippen molar-refractivity contribution in [1.82, 2.24) is 10.6 Å². The van der Waals surface area contributed by atoms with Gasteiger partial charge in [-0.1, -0.05) is 6.92 Å². The second-order valence-corrected chi connectivity index (χ2v) is 5.69. The molecule has 5 heteroatoms. The summed E-state index contributed by atoms with van der Waals surface area (Å²) in [5.41, 5.74) is 0. The Balaban J connectivity index is 1.73. The molecule has 1 heterocycles. The van der Waals surface area contributed by atoms with Crippen LogP contribution in [0.4, 0.5) is 4.79 Å². The zero-order chi connectivity index (χ0) is 13.7. The zero-order valence-corrected chi connectivity index (χ0v) is 11.7. The maximum Gasteiger partial charge on any atom is 0.315 e. The van der Waals surface area contributed by atoms with E-state index in [9.17, 15) is 9.90 Å². The van der Waals surface area contributed by atoms with E-state index in [1.165, 1.54) is 0 Å². The molecular formula is C14H26N2O3. The molecule has 2 atom stereocenters. The maximum atomic E-state index is 12.0. The monoisotopic (exact) mass is 270 g/mol. The third kappa shape index (κ3) is 4.35. The molecule has 0 radical (unpaired) electrons. The van der Waals surface area contributed by atoms with E-state index in [-0.39, 0.29) is 30.3 Å². The molecule has 0 aromatic rings. The Bertz CT molecular complexity index is 284. The van der Waals surface area contributed by atoms with Crippen LogP contribution in [0.2, 0.25) is 0 Å². The highest BCUT2D eigenvalue weighted by Gasteiger charge is 2.27. The number of nitrogens with one attached hydrogen (secondary N) is 2. The molecule has 19 heavy (non-hydrogen) atoms. The normalized spacial score (nSPS) is 32.8. The van der Waals surface area contributed by atoms with Crippen LogP contribution in [0.1, 0.15) is 51.9 Å². The van der Waals surface area contributed by atoms with Gasteiger partial charge in [-0.25, -0.2) is 4.79 Å². The number of carbonyl (C=O) groups is 1. The standard InChI is InChI=1S/C14H26N2O3/c1-2-12(13-4-3-9-19-13)16-14(18)15-10-5-7-11(17)8-6-10/h10-13,17H,2-9H2,1H3,(H2,15,16,18). The first-order valence-electron chi connectivity index (χ1n) is 7.55. The molecule has 1 aliphatic heterocycles. The van der Waals surface area contributed by atoms with Crippen molar-refractivity contribution < 1.29 is 14.6 Å². The van der Waals surface area contributed by atoms with E-state index in [1.54, 1.807) is 0 Å². The van der Waals surface area contributed by atoms with Gasteiger partial charge in [0.2, 0.25) is 0 Å². The van der Waals surface area contributed by atoms with Crippen molar-refractivity contribution in [2.24, 2.45) is 0 Å². The number of hydrogen-bond donors (Lipinski definition) is 3. The summed E-state index contributed by atoms with van der Waals surface area (Å²) in [6, 6.07) is 0.214. The van der Waals surface area contributed by atoms with Crippen LogP contribution < -0.4 is 10.6 Å². The van der Waals surface area contributed by atoms with Gasteiger partial charge in [0.15, 0.2) is 0 Å². The third-order valence-corrected chi connectivity index (χ3v) is 4.20. The predicted octanol–water partition coefficient (Wildman–Crippen LogP) is 1.55. The molecule has 110 valence electrons. The molecule has 3 N–H and O–H groups in total. The van der Waals surface area contributed by atoms with Crippen molar-refractivity contribution >= 4 is 6.03 Å². The lowest BCUT2D eigenvalue weighted by molar-refractivity contribution is 0.0788. The van der Waals surface area contributed by atoms with Gasteiger partial charge in [-0.3, -0.25) is 0 Å². The maximum absolute atomic E-state index is 12.0. The van der Waals surface area contributed by atoms with Crippen LogP contribution >= 0.6 is 0 Å². The molecule has 0 aromatic heterocycles. The molecule has 0 bridgehead atoms. The Hall–Kier alpha value is -0.810. The molecule has 1 saturated carbocycles. The summed E-state index contributed by atoms with van der Waals surface area (Å²) in [6.07, 6.45) is 6.31. The van der Waals surface area contributed by atoms with Gasteiger partial charge >= 0.3 is 6.03 Å². The molecular weight excluding hydrogens is 244 g/mol. The smallest absolute Gasteiger partial charge is 0.315 e. The second kappa shape index (κ2) is 7.10. The van der Waals surface area contributed by atoms with E-state index < -0.39 is 0 Å². The van der Waals surface area contributed by atoms with Crippen LogP contribution in [0.5, 0.6) is 0 Å². The highest BCUT2D eigenvalue weighted by atomic mass is 16.5. The minimum Gasteiger partial charge on any atom is -0.393 e. The Morgan fingerprint density at radius 2 is 2.05 bits per heavy atom. The van der Waals surface area contributed by atoms with Gasteiger partial charge in [-0.05, 0) is 44.9 Å². The fourth-order valence-corrected chi connectivity index (χ4v) is 2.99. The first-order chi connectivity index (χ1) is 9.19. The summed E-state index contributed by atoms with van der Waals surface area (Å²) >= 11 is 0. The number of urea groups is 1. The van der Waals surface area contributed by atoms with Crippen molar-refractivity contribution in [2.45, 2.75) is 76.2 Å². The van der Waals surface area contributed by atoms with Crippen LogP contribution in [-0.2, 0) is 4.74 Å². The average molecular weight is 270 g/mol. The molecule has 2 unspecified atom stereocenters. The molecule has 1 aliphatic carbocycles. The van der Waals surface area contributed by atoms with Crippen molar-refractivity contribution in [3.05, 3.63) is 0 Å². The lowest BCUT2D eigenvalue weighted by Crippen LogP contribution is -2.50. The van der Waals surface area contributed by atoms with E-state index >= 15 is 0 Å². The van der Waals surface area contributed by atoms with Crippen molar-refractivity contribution in [2.75, 3.05) is 6.61 Å². The minimum absolute atomic E-state index is 0.0938. The van der Waals surface area contributed by atoms with Crippen molar-refractivity contribution in [3.8, 4) is 0 Å². The van der Waals surface area contributed by atoms with E-state index in [0.29, 0.717) is 0 Å². The quantitative estimate of drug-likeness (QED) is 0.726. The Morgan fingerprint density at radius 3 is 2.63 bits per heavy atom. The van der Waals surface area contributed by atoms with Crippen LogP contribution in [0, 0.1) is 0 Å². The van der Waals surface area contributed by atoms with Crippen LogP contribution in [0.15, 0.2) is 0 Å². The van der Waals surface area contributed by atoms with Gasteiger partial charge < -0.3 is 20.5 Å². The molecule has 2 amide bonds. The highest BCUT2D eigenvalue weighted by molar-refractivity contribution is 5.74. The first-order valence-corrected chi connectivity index (χ1v) is 7.55. The van der Waals surface area contributed by atoms with Crippen LogP contribution in [0.3, 0.4) is 0 Å². The van der Waals surface area contributed by atoms with Gasteiger partial charge in [-0.2, -0.15) is 0 Å². The second-order valence-electron chi connectivity index (χ2n) is 5.69. The lowest BCUT2D eigenvalue weighted by atomic mass is 9.93. The van der Waals surface area contributed by atoms with Gasteiger partial charge in [0.05, 0.1) is 18.2 Å². The Kier molecular flexibility index (Phi) is 5.45. The van der Waals surface area contributed by atoms with Crippen molar-refractivity contribution in [1.29, 1.82) is 0 Å². The average Bonchev–Trinajstić information content (AvgIpc) is 2.92. The number of hydrogen-bond acceptors (Lipinski definition) is 3. The molecule has 2 aliphatic rings. The number of amides is 2. The summed E-state index contributed by atoms with van der Waals surface area (Å²) < 4.78 is 5.64. The largest absolute Gasteiger partial charge is 0.393 e. The van der Waals surface area contributed by atoms with E-state index in [1.807, 2.05) is 0 Å². The fourth-order valence-electron chi connectivity index (χ4n) is 2.99. The summed E-state index contributed by atoms with van der Waals surface area (Å²) in [7, 11) is 0. The molecule has 2 rings (SSSR count). The van der Waals surface area contributed by atoms with Gasteiger partial charge in [0.1, 0.15) is 0 Å². The SMILES string of the molecule is CCC(NC(=O)NC1CCC(O)CC1)C1CCCO1. The van der Waals surface area contributed by atoms with E-state index in [2.05, 4.69) is 17.6 Å². The summed E-state index contributed by atoms with van der Waals surface area (Å²) in [6.45, 7) is 2.88. The fraction of sp³-hybridized carbons (Fsp3) is 0.929. The van der Waals surface area contributed by atoms with E-state index in [4.69, 9.17) is 4.74 Å². The van der Waals surface area contributed by atoms with Gasteiger partial charge in [0, 0.05) is 12.6 Å². The molecule has 0 aromatic carbocycles. The number of rotatable bonds is 4. The van der Waals surface area contributed by atoms with Crippen LogP contribution in [-0.4, -0.2) is 42.0 Å². The zero-order valence-electron chi connectivity index (χ0n) is 11.7. The van der Waals surface area contributed by atoms with Crippen LogP contribution in [0.25, 0.3) is 0 Å². The lowest BCUT2D eigenvalue weighted by Gasteiger charge is -2.28. The summed E-state index contributed by atoms with van der Waals surface area (Å²) in [5.74, 6) is 0. The van der Waals surface area contributed by atoms with E-state index in [0.717, 1.165) is 51.6 Å². The molecule has 5 nitrogen and oxygen atoms in total. The minimum atomic E-state index is -0.184. The third-order valence-electron chi connectivity index (χ3n) is 4.20. The Labute approximate surface area is 115 Å². The summed E-state index contributed by atoms with van der Waals surface area (Å²) in [4.78, 5) is 12.0. The van der Waals surface area contributed by atoms with Crippen molar-refractivity contribution in [3.63, 3.8) is 0 Å². The number of ether oxygens (including phenoxy) is 1. The Morgan fingerprint density at radius 1 is 1.32 bits per heavy atom. The predicted molar refractivity (Wildman–Crippen MR) is 73.0 cm³/mol. The molecule has 2 fully saturated rings. The summed E-state index contributed by atoms with van der Waals surface area (Å²) in [5, 5.41) is 15.5. The van der Waals surface area contributed by atoms with Gasteiger partial charge in [-0.15, -0.1) is 0 Å². The topological polar surface area (TPSA) is 70.6 Å². The number of carbonyl (C=O) groups excluding carboxylic acids is 1. The number of aliphatic hydroxyl groups is 1. The molecule has 0 spiro atoms. The molecule has 1 saturated heterocycles. The first kappa shape index (κ1) is 14.6.